The number of nitrogens with zero attached hydrogens (tertiary/aromatic N) is 3. The summed E-state index contributed by atoms with van der Waals surface area (Å²) in [5.74, 6) is 1.12. The predicted molar refractivity (Wildman–Crippen MR) is 68.6 cm³/mol. The maximum absolute atomic E-state index is 8.84. The van der Waals surface area contributed by atoms with Crippen LogP contribution in [-0.2, 0) is 0 Å². The Kier molecular flexibility index (Phi) is 2.63. The van der Waals surface area contributed by atoms with Crippen LogP contribution in [0.25, 0.3) is 10.2 Å². The van der Waals surface area contributed by atoms with Gasteiger partial charge in [0.15, 0.2) is 0 Å². The third-order valence-corrected chi connectivity index (χ3v) is 3.28. The van der Waals surface area contributed by atoms with Gasteiger partial charge in [0.1, 0.15) is 16.8 Å². The first kappa shape index (κ1) is 10.7. The summed E-state index contributed by atoms with van der Waals surface area (Å²) in [4.78, 5) is 8.27. The quantitative estimate of drug-likeness (QED) is 0.702. The number of nitriles is 1. The maximum atomic E-state index is 8.84. The van der Waals surface area contributed by atoms with Crippen molar-refractivity contribution < 1.29 is 4.74 Å². The summed E-state index contributed by atoms with van der Waals surface area (Å²) in [6.45, 7) is 0. The fraction of sp³-hybridized carbons (Fsp3) is 0. The van der Waals surface area contributed by atoms with Crippen LogP contribution in [0.15, 0.2) is 42.0 Å². The summed E-state index contributed by atoms with van der Waals surface area (Å²) >= 11 is 1.53. The molecule has 0 aliphatic rings. The zero-order valence-electron chi connectivity index (χ0n) is 9.20. The van der Waals surface area contributed by atoms with Crippen LogP contribution in [0, 0.1) is 11.3 Å². The SMILES string of the molecule is N#Cc1cccc(Oc2ncnc3ccsc23)c1. The Morgan fingerprint density at radius 1 is 1.22 bits per heavy atom. The van der Waals surface area contributed by atoms with Gasteiger partial charge >= 0.3 is 0 Å². The molecule has 4 nitrogen and oxygen atoms in total. The molecule has 86 valence electrons. The molecule has 0 unspecified atom stereocenters. The van der Waals surface area contributed by atoms with E-state index in [1.807, 2.05) is 11.4 Å². The molecule has 0 saturated heterocycles. The van der Waals surface area contributed by atoms with E-state index in [1.54, 1.807) is 24.3 Å². The minimum atomic E-state index is 0.519. The third kappa shape index (κ3) is 1.90. The van der Waals surface area contributed by atoms with Crippen LogP contribution < -0.4 is 4.74 Å². The van der Waals surface area contributed by atoms with Gasteiger partial charge in [-0.05, 0) is 29.6 Å². The molecule has 0 bridgehead atoms. The van der Waals surface area contributed by atoms with Crippen LogP contribution in [0.1, 0.15) is 5.56 Å². The molecular formula is C13H7N3OS. The smallest absolute Gasteiger partial charge is 0.240 e. The molecule has 2 aromatic heterocycles. The summed E-state index contributed by atoms with van der Waals surface area (Å²) in [5, 5.41) is 10.8. The molecule has 3 aromatic rings. The van der Waals surface area contributed by atoms with Gasteiger partial charge in [-0.15, -0.1) is 11.3 Å². The summed E-state index contributed by atoms with van der Waals surface area (Å²) < 4.78 is 6.60. The summed E-state index contributed by atoms with van der Waals surface area (Å²) in [6, 6.07) is 11.0. The van der Waals surface area contributed by atoms with Crippen molar-refractivity contribution in [1.29, 1.82) is 5.26 Å². The van der Waals surface area contributed by atoms with E-state index in [-0.39, 0.29) is 0 Å². The predicted octanol–water partition coefficient (Wildman–Crippen LogP) is 3.36. The standard InChI is InChI=1S/C13H7N3OS/c14-7-9-2-1-3-10(6-9)17-13-12-11(4-5-18-12)15-8-16-13/h1-6,8H. The minimum absolute atomic E-state index is 0.519. The number of ether oxygens (including phenoxy) is 1. The van der Waals surface area contributed by atoms with Gasteiger partial charge in [0.2, 0.25) is 5.88 Å². The molecular weight excluding hydrogens is 246 g/mol. The Morgan fingerprint density at radius 2 is 2.17 bits per heavy atom. The third-order valence-electron chi connectivity index (χ3n) is 2.39. The Labute approximate surface area is 107 Å². The van der Waals surface area contributed by atoms with E-state index in [9.17, 15) is 0 Å². The molecule has 0 amide bonds. The largest absolute Gasteiger partial charge is 0.437 e. The van der Waals surface area contributed by atoms with E-state index in [1.165, 1.54) is 17.7 Å². The highest BCUT2D eigenvalue weighted by Crippen LogP contribution is 2.30. The van der Waals surface area contributed by atoms with Gasteiger partial charge in [-0.3, -0.25) is 0 Å². The lowest BCUT2D eigenvalue weighted by Gasteiger charge is -2.04. The number of hydrogen-bond acceptors (Lipinski definition) is 5. The van der Waals surface area contributed by atoms with Crippen LogP contribution in [0.2, 0.25) is 0 Å². The first-order chi connectivity index (χ1) is 8.86. The van der Waals surface area contributed by atoms with Gasteiger partial charge in [-0.1, -0.05) is 6.07 Å². The van der Waals surface area contributed by atoms with Crippen molar-refractivity contribution in [3.8, 4) is 17.7 Å². The number of aromatic nitrogens is 2. The van der Waals surface area contributed by atoms with Crippen molar-refractivity contribution in [3.05, 3.63) is 47.6 Å². The fourth-order valence-electron chi connectivity index (χ4n) is 1.58. The molecule has 5 heteroatoms. The normalized spacial score (nSPS) is 10.2. The zero-order chi connectivity index (χ0) is 12.4. The van der Waals surface area contributed by atoms with Crippen molar-refractivity contribution in [2.45, 2.75) is 0 Å². The van der Waals surface area contributed by atoms with Gasteiger partial charge < -0.3 is 4.74 Å². The van der Waals surface area contributed by atoms with Gasteiger partial charge in [-0.25, -0.2) is 9.97 Å². The number of benzene rings is 1. The fourth-order valence-corrected chi connectivity index (χ4v) is 2.35. The summed E-state index contributed by atoms with van der Waals surface area (Å²) in [5.41, 5.74) is 1.42. The molecule has 2 heterocycles. The molecule has 18 heavy (non-hydrogen) atoms. The monoisotopic (exact) mass is 253 g/mol. The molecule has 0 radical (unpaired) electrons. The zero-order valence-corrected chi connectivity index (χ0v) is 10.0. The topological polar surface area (TPSA) is 58.8 Å². The lowest BCUT2D eigenvalue weighted by Crippen LogP contribution is -1.89. The highest BCUT2D eigenvalue weighted by molar-refractivity contribution is 7.17. The average Bonchev–Trinajstić information content (AvgIpc) is 2.88. The highest BCUT2D eigenvalue weighted by Gasteiger charge is 2.07. The summed E-state index contributed by atoms with van der Waals surface area (Å²) in [7, 11) is 0. The first-order valence-corrected chi connectivity index (χ1v) is 6.11. The lowest BCUT2D eigenvalue weighted by molar-refractivity contribution is 0.469. The van der Waals surface area contributed by atoms with E-state index in [0.29, 0.717) is 17.2 Å². The Hall–Kier alpha value is -2.45. The molecule has 0 atom stereocenters. The van der Waals surface area contributed by atoms with E-state index < -0.39 is 0 Å². The molecule has 0 saturated carbocycles. The number of hydrogen-bond donors (Lipinski definition) is 0. The van der Waals surface area contributed by atoms with E-state index >= 15 is 0 Å². The molecule has 0 aliphatic carbocycles. The number of thiophene rings is 1. The molecule has 3 rings (SSSR count). The van der Waals surface area contributed by atoms with Crippen molar-refractivity contribution in [1.82, 2.24) is 9.97 Å². The van der Waals surface area contributed by atoms with Crippen molar-refractivity contribution in [2.24, 2.45) is 0 Å². The molecule has 0 fully saturated rings. The van der Waals surface area contributed by atoms with Crippen LogP contribution in [0.4, 0.5) is 0 Å². The Morgan fingerprint density at radius 3 is 3.06 bits per heavy atom. The lowest BCUT2D eigenvalue weighted by atomic mass is 10.2. The second kappa shape index (κ2) is 4.43. The van der Waals surface area contributed by atoms with Crippen LogP contribution >= 0.6 is 11.3 Å². The van der Waals surface area contributed by atoms with Crippen molar-refractivity contribution in [3.63, 3.8) is 0 Å². The first-order valence-electron chi connectivity index (χ1n) is 5.23. The minimum Gasteiger partial charge on any atom is -0.437 e. The highest BCUT2D eigenvalue weighted by atomic mass is 32.1. The van der Waals surface area contributed by atoms with Gasteiger partial charge in [0.05, 0.1) is 17.1 Å². The van der Waals surface area contributed by atoms with Gasteiger partial charge in [-0.2, -0.15) is 5.26 Å². The Bertz CT molecular complexity index is 745. The molecule has 1 aromatic carbocycles. The van der Waals surface area contributed by atoms with Gasteiger partial charge in [0, 0.05) is 0 Å². The number of rotatable bonds is 2. The van der Waals surface area contributed by atoms with E-state index in [4.69, 9.17) is 10.00 Å². The van der Waals surface area contributed by atoms with Crippen LogP contribution in [0.5, 0.6) is 11.6 Å². The van der Waals surface area contributed by atoms with Crippen LogP contribution in [-0.4, -0.2) is 9.97 Å². The second-order valence-electron chi connectivity index (χ2n) is 3.56. The van der Waals surface area contributed by atoms with E-state index in [2.05, 4.69) is 16.0 Å². The van der Waals surface area contributed by atoms with Crippen molar-refractivity contribution >= 4 is 21.6 Å². The molecule has 0 spiro atoms. The Balaban J connectivity index is 2.01. The summed E-state index contributed by atoms with van der Waals surface area (Å²) in [6.07, 6.45) is 1.47. The molecule has 0 N–H and O–H groups in total. The van der Waals surface area contributed by atoms with Gasteiger partial charge in [0.25, 0.3) is 0 Å². The maximum Gasteiger partial charge on any atom is 0.240 e. The number of fused-ring (bicyclic) bond motifs is 1. The average molecular weight is 253 g/mol. The molecule has 0 aliphatic heterocycles. The van der Waals surface area contributed by atoms with Crippen molar-refractivity contribution in [2.75, 3.05) is 0 Å². The van der Waals surface area contributed by atoms with E-state index in [0.717, 1.165) is 10.2 Å². The van der Waals surface area contributed by atoms with Crippen LogP contribution in [0.3, 0.4) is 0 Å². The second-order valence-corrected chi connectivity index (χ2v) is 4.47.